The third-order valence-corrected chi connectivity index (χ3v) is 2.10. The molecule has 0 aliphatic heterocycles. The minimum Gasteiger partial charge on any atom is -0.507 e. The number of terminal acetylenes is 1. The van der Waals surface area contributed by atoms with Crippen LogP contribution in [-0.4, -0.2) is 11.4 Å². The molecule has 0 amide bonds. The summed E-state index contributed by atoms with van der Waals surface area (Å²) < 4.78 is 0. The molecule has 0 saturated carbocycles. The minimum atomic E-state index is -0.0580. The number of aldehydes is 1. The average Bonchev–Trinajstić information content (AvgIpc) is 2.16. The van der Waals surface area contributed by atoms with E-state index < -0.39 is 0 Å². The third-order valence-electron chi connectivity index (χ3n) is 2.10. The number of aromatic hydroxyl groups is 1. The predicted octanol–water partition coefficient (Wildman–Crippen LogP) is 2.31. The maximum absolute atomic E-state index is 10.6. The largest absolute Gasteiger partial charge is 0.507 e. The molecule has 2 heteroatoms. The Labute approximate surface area is 83.6 Å². The van der Waals surface area contributed by atoms with Crippen molar-refractivity contribution in [1.29, 1.82) is 0 Å². The van der Waals surface area contributed by atoms with E-state index in [1.165, 1.54) is 6.07 Å². The van der Waals surface area contributed by atoms with Gasteiger partial charge in [-0.25, -0.2) is 0 Å². The Morgan fingerprint density at radius 2 is 2.14 bits per heavy atom. The van der Waals surface area contributed by atoms with Gasteiger partial charge in [0.05, 0.1) is 5.56 Å². The van der Waals surface area contributed by atoms with Crippen molar-refractivity contribution < 1.29 is 9.90 Å². The molecular weight excluding hydrogens is 176 g/mol. The molecule has 0 saturated heterocycles. The quantitative estimate of drug-likeness (QED) is 0.571. The zero-order valence-corrected chi connectivity index (χ0v) is 8.24. The van der Waals surface area contributed by atoms with Gasteiger partial charge in [0.1, 0.15) is 5.75 Å². The molecule has 0 aliphatic carbocycles. The second-order valence-electron chi connectivity index (χ2n) is 3.42. The van der Waals surface area contributed by atoms with Crippen LogP contribution in [0.3, 0.4) is 0 Å². The van der Waals surface area contributed by atoms with E-state index in [0.29, 0.717) is 11.8 Å². The Morgan fingerprint density at radius 1 is 1.50 bits per heavy atom. The fourth-order valence-corrected chi connectivity index (χ4v) is 1.32. The number of carbonyl (C=O) groups excluding carboxylic acids is 1. The number of rotatable bonds is 2. The smallest absolute Gasteiger partial charge is 0.153 e. The number of carbonyl (C=O) groups is 1. The van der Waals surface area contributed by atoms with Crippen LogP contribution in [-0.2, 0) is 0 Å². The summed E-state index contributed by atoms with van der Waals surface area (Å²) in [6, 6.07) is 3.10. The fourth-order valence-electron chi connectivity index (χ4n) is 1.32. The second-order valence-corrected chi connectivity index (χ2v) is 3.42. The molecule has 0 fully saturated rings. The van der Waals surface area contributed by atoms with Crippen LogP contribution in [0.25, 0.3) is 0 Å². The van der Waals surface area contributed by atoms with Gasteiger partial charge in [-0.3, -0.25) is 4.79 Å². The number of phenolic OH excluding ortho intramolecular Hbond substituents is 1. The van der Waals surface area contributed by atoms with Gasteiger partial charge in [-0.15, -0.1) is 6.42 Å². The summed E-state index contributed by atoms with van der Waals surface area (Å²) in [7, 11) is 0. The standard InChI is InChI=1S/C12H12O2/c1-4-9-6-12(14)10(7-13)5-11(9)8(2)3/h1,5-8,14H,2-3H3. The lowest BCUT2D eigenvalue weighted by Crippen LogP contribution is -1.95. The molecule has 1 rings (SSSR count). The molecule has 0 bridgehead atoms. The summed E-state index contributed by atoms with van der Waals surface area (Å²) >= 11 is 0. The summed E-state index contributed by atoms with van der Waals surface area (Å²) in [5, 5.41) is 9.40. The van der Waals surface area contributed by atoms with Gasteiger partial charge in [0.15, 0.2) is 6.29 Å². The molecule has 1 N–H and O–H groups in total. The average molecular weight is 188 g/mol. The maximum atomic E-state index is 10.6. The highest BCUT2D eigenvalue weighted by molar-refractivity contribution is 5.80. The maximum Gasteiger partial charge on any atom is 0.153 e. The molecule has 0 heterocycles. The van der Waals surface area contributed by atoms with E-state index in [0.717, 1.165) is 5.56 Å². The summed E-state index contributed by atoms with van der Waals surface area (Å²) in [5.41, 5.74) is 1.84. The molecule has 14 heavy (non-hydrogen) atoms. The van der Waals surface area contributed by atoms with E-state index in [2.05, 4.69) is 5.92 Å². The normalized spacial score (nSPS) is 9.86. The van der Waals surface area contributed by atoms with Crippen LogP contribution in [0.2, 0.25) is 0 Å². The van der Waals surface area contributed by atoms with Crippen LogP contribution in [0, 0.1) is 12.3 Å². The van der Waals surface area contributed by atoms with Gasteiger partial charge in [0.25, 0.3) is 0 Å². The molecule has 2 nitrogen and oxygen atoms in total. The molecule has 0 radical (unpaired) electrons. The van der Waals surface area contributed by atoms with Crippen molar-refractivity contribution in [3.8, 4) is 18.1 Å². The SMILES string of the molecule is C#Cc1cc(O)c(C=O)cc1C(C)C. The van der Waals surface area contributed by atoms with Gasteiger partial charge in [0.2, 0.25) is 0 Å². The molecule has 0 aliphatic rings. The van der Waals surface area contributed by atoms with Crippen molar-refractivity contribution >= 4 is 6.29 Å². The monoisotopic (exact) mass is 188 g/mol. The van der Waals surface area contributed by atoms with Crippen molar-refractivity contribution in [3.05, 3.63) is 28.8 Å². The van der Waals surface area contributed by atoms with Gasteiger partial charge >= 0.3 is 0 Å². The van der Waals surface area contributed by atoms with Crippen molar-refractivity contribution in [1.82, 2.24) is 0 Å². The minimum absolute atomic E-state index is 0.0580. The van der Waals surface area contributed by atoms with Gasteiger partial charge in [-0.2, -0.15) is 0 Å². The zero-order chi connectivity index (χ0) is 10.7. The van der Waals surface area contributed by atoms with Crippen LogP contribution in [0.15, 0.2) is 12.1 Å². The van der Waals surface area contributed by atoms with Gasteiger partial charge < -0.3 is 5.11 Å². The summed E-state index contributed by atoms with van der Waals surface area (Å²) in [5.74, 6) is 2.67. The topological polar surface area (TPSA) is 37.3 Å². The van der Waals surface area contributed by atoms with Crippen LogP contribution in [0.5, 0.6) is 5.75 Å². The summed E-state index contributed by atoms with van der Waals surface area (Å²) in [6.45, 7) is 3.98. The molecule has 0 atom stereocenters. The molecule has 1 aromatic carbocycles. The first-order chi connectivity index (χ1) is 6.60. The Hall–Kier alpha value is -1.75. The Bertz CT molecular complexity index is 398. The number of hydrogen-bond acceptors (Lipinski definition) is 2. The van der Waals surface area contributed by atoms with Crippen LogP contribution in [0.1, 0.15) is 41.3 Å². The van der Waals surface area contributed by atoms with Crippen LogP contribution < -0.4 is 0 Å². The summed E-state index contributed by atoms with van der Waals surface area (Å²) in [6.07, 6.45) is 5.93. The van der Waals surface area contributed by atoms with E-state index in [1.807, 2.05) is 13.8 Å². The van der Waals surface area contributed by atoms with Gasteiger partial charge in [-0.1, -0.05) is 19.8 Å². The third kappa shape index (κ3) is 1.77. The predicted molar refractivity (Wildman–Crippen MR) is 55.5 cm³/mol. The van der Waals surface area contributed by atoms with E-state index in [4.69, 9.17) is 6.42 Å². The molecule has 72 valence electrons. The molecular formula is C12H12O2. The highest BCUT2D eigenvalue weighted by Crippen LogP contribution is 2.26. The Morgan fingerprint density at radius 3 is 2.57 bits per heavy atom. The lowest BCUT2D eigenvalue weighted by Gasteiger charge is -2.10. The van der Waals surface area contributed by atoms with Crippen molar-refractivity contribution in [3.63, 3.8) is 0 Å². The van der Waals surface area contributed by atoms with Crippen molar-refractivity contribution in [2.75, 3.05) is 0 Å². The van der Waals surface area contributed by atoms with Gasteiger partial charge in [-0.05, 0) is 23.6 Å². The molecule has 0 unspecified atom stereocenters. The molecule has 0 spiro atoms. The lowest BCUT2D eigenvalue weighted by molar-refractivity contribution is 0.112. The number of phenols is 1. The number of benzene rings is 1. The van der Waals surface area contributed by atoms with Gasteiger partial charge in [0, 0.05) is 5.56 Å². The van der Waals surface area contributed by atoms with E-state index in [1.54, 1.807) is 6.07 Å². The van der Waals surface area contributed by atoms with Crippen LogP contribution in [0.4, 0.5) is 0 Å². The lowest BCUT2D eigenvalue weighted by atomic mass is 9.95. The highest BCUT2D eigenvalue weighted by Gasteiger charge is 2.09. The van der Waals surface area contributed by atoms with E-state index >= 15 is 0 Å². The Balaban J connectivity index is 3.41. The van der Waals surface area contributed by atoms with E-state index in [9.17, 15) is 9.90 Å². The van der Waals surface area contributed by atoms with E-state index in [-0.39, 0.29) is 17.2 Å². The number of hydrogen-bond donors (Lipinski definition) is 1. The first-order valence-corrected chi connectivity index (χ1v) is 4.38. The first kappa shape index (κ1) is 10.3. The summed E-state index contributed by atoms with van der Waals surface area (Å²) in [4.78, 5) is 10.6. The first-order valence-electron chi connectivity index (χ1n) is 4.38. The van der Waals surface area contributed by atoms with Crippen LogP contribution >= 0.6 is 0 Å². The van der Waals surface area contributed by atoms with Crippen molar-refractivity contribution in [2.45, 2.75) is 19.8 Å². The molecule has 1 aromatic rings. The highest BCUT2D eigenvalue weighted by atomic mass is 16.3. The Kier molecular flexibility index (Phi) is 2.93. The molecule has 0 aromatic heterocycles. The van der Waals surface area contributed by atoms with Crippen molar-refractivity contribution in [2.24, 2.45) is 0 Å². The fraction of sp³-hybridized carbons (Fsp3) is 0.250. The zero-order valence-electron chi connectivity index (χ0n) is 8.24. The second kappa shape index (κ2) is 3.97.